The Morgan fingerprint density at radius 1 is 1.35 bits per heavy atom. The van der Waals surface area contributed by atoms with Gasteiger partial charge in [0.15, 0.2) is 0 Å². The maximum atomic E-state index is 6.18. The average molecular weight is 319 g/mol. The van der Waals surface area contributed by atoms with Crippen LogP contribution in [0.3, 0.4) is 0 Å². The predicted molar refractivity (Wildman–Crippen MR) is 75.4 cm³/mol. The standard InChI is InChI=1S/C12H17BrClN3/c13-9-6-8(14)7-16-12(9)17-11-5-3-1-2-4-10(11)15/h6-7,10-11H,1-5,15H2,(H,16,17). The number of aromatic nitrogens is 1. The van der Waals surface area contributed by atoms with Crippen LogP contribution in [0.15, 0.2) is 16.7 Å². The number of hydrogen-bond acceptors (Lipinski definition) is 3. The fraction of sp³-hybridized carbons (Fsp3) is 0.583. The lowest BCUT2D eigenvalue weighted by Crippen LogP contribution is -2.39. The Balaban J connectivity index is 2.08. The van der Waals surface area contributed by atoms with Crippen LogP contribution in [0.2, 0.25) is 5.02 Å². The van der Waals surface area contributed by atoms with Gasteiger partial charge in [-0.3, -0.25) is 0 Å². The Hall–Kier alpha value is -0.320. The number of nitrogens with two attached hydrogens (primary N) is 1. The molecule has 1 fully saturated rings. The highest BCUT2D eigenvalue weighted by atomic mass is 79.9. The molecule has 0 aromatic carbocycles. The Morgan fingerprint density at radius 2 is 2.12 bits per heavy atom. The predicted octanol–water partition coefficient (Wildman–Crippen LogP) is 3.57. The first-order chi connectivity index (χ1) is 8.16. The summed E-state index contributed by atoms with van der Waals surface area (Å²) in [6.07, 6.45) is 7.59. The molecule has 0 radical (unpaired) electrons. The number of nitrogens with zero attached hydrogens (tertiary/aromatic N) is 1. The second-order valence-corrected chi connectivity index (χ2v) is 5.83. The third-order valence-corrected chi connectivity index (χ3v) is 4.01. The number of hydrogen-bond donors (Lipinski definition) is 2. The summed E-state index contributed by atoms with van der Waals surface area (Å²) in [4.78, 5) is 4.29. The highest BCUT2D eigenvalue weighted by molar-refractivity contribution is 9.10. The van der Waals surface area contributed by atoms with Crippen LogP contribution in [0.4, 0.5) is 5.82 Å². The summed E-state index contributed by atoms with van der Waals surface area (Å²) in [7, 11) is 0. The van der Waals surface area contributed by atoms with Gasteiger partial charge in [0.2, 0.25) is 0 Å². The summed E-state index contributed by atoms with van der Waals surface area (Å²) < 4.78 is 0.890. The molecular formula is C12H17BrClN3. The SMILES string of the molecule is NC1CCCCCC1Nc1ncc(Cl)cc1Br. The van der Waals surface area contributed by atoms with Crippen molar-refractivity contribution in [3.05, 3.63) is 21.8 Å². The van der Waals surface area contributed by atoms with Gasteiger partial charge in [-0.1, -0.05) is 30.9 Å². The van der Waals surface area contributed by atoms with Crippen molar-refractivity contribution >= 4 is 33.3 Å². The first-order valence-electron chi connectivity index (χ1n) is 6.00. The first-order valence-corrected chi connectivity index (χ1v) is 7.17. The average Bonchev–Trinajstić information content (AvgIpc) is 2.48. The highest BCUT2D eigenvalue weighted by Crippen LogP contribution is 2.26. The zero-order valence-corrected chi connectivity index (χ0v) is 12.0. The summed E-state index contributed by atoms with van der Waals surface area (Å²) in [6.45, 7) is 0. The van der Waals surface area contributed by atoms with Crippen LogP contribution in [0.5, 0.6) is 0 Å². The van der Waals surface area contributed by atoms with Crippen LogP contribution in [0, 0.1) is 0 Å². The van der Waals surface area contributed by atoms with E-state index < -0.39 is 0 Å². The van der Waals surface area contributed by atoms with Gasteiger partial charge < -0.3 is 11.1 Å². The van der Waals surface area contributed by atoms with E-state index in [9.17, 15) is 0 Å². The third kappa shape index (κ3) is 3.57. The van der Waals surface area contributed by atoms with Gasteiger partial charge in [0.1, 0.15) is 5.82 Å². The number of anilines is 1. The van der Waals surface area contributed by atoms with E-state index in [1.165, 1.54) is 19.3 Å². The van der Waals surface area contributed by atoms with Gasteiger partial charge in [0.25, 0.3) is 0 Å². The minimum Gasteiger partial charge on any atom is -0.365 e. The maximum absolute atomic E-state index is 6.18. The lowest BCUT2D eigenvalue weighted by Gasteiger charge is -2.23. The van der Waals surface area contributed by atoms with Gasteiger partial charge in [-0.2, -0.15) is 0 Å². The van der Waals surface area contributed by atoms with E-state index in [0.717, 1.165) is 23.1 Å². The number of pyridine rings is 1. The fourth-order valence-corrected chi connectivity index (χ4v) is 2.97. The van der Waals surface area contributed by atoms with E-state index in [-0.39, 0.29) is 6.04 Å². The van der Waals surface area contributed by atoms with Gasteiger partial charge >= 0.3 is 0 Å². The van der Waals surface area contributed by atoms with Gasteiger partial charge in [0, 0.05) is 18.3 Å². The fourth-order valence-electron chi connectivity index (χ4n) is 2.21. The van der Waals surface area contributed by atoms with Crippen molar-refractivity contribution in [2.45, 2.75) is 44.2 Å². The zero-order chi connectivity index (χ0) is 12.3. The normalized spacial score (nSPS) is 25.4. The van der Waals surface area contributed by atoms with Crippen LogP contribution < -0.4 is 11.1 Å². The molecule has 2 rings (SSSR count). The van der Waals surface area contributed by atoms with Gasteiger partial charge in [-0.15, -0.1) is 0 Å². The van der Waals surface area contributed by atoms with Crippen LogP contribution in [-0.4, -0.2) is 17.1 Å². The molecule has 1 saturated carbocycles. The van der Waals surface area contributed by atoms with Gasteiger partial charge in [-0.05, 0) is 34.8 Å². The second-order valence-electron chi connectivity index (χ2n) is 4.54. The molecule has 17 heavy (non-hydrogen) atoms. The van der Waals surface area contributed by atoms with E-state index >= 15 is 0 Å². The molecule has 0 aliphatic heterocycles. The molecule has 1 aliphatic carbocycles. The summed E-state index contributed by atoms with van der Waals surface area (Å²) in [5.41, 5.74) is 6.18. The Labute approximate surface area is 115 Å². The molecule has 0 bridgehead atoms. The molecule has 1 aromatic heterocycles. The van der Waals surface area contributed by atoms with Crippen LogP contribution in [0.25, 0.3) is 0 Å². The van der Waals surface area contributed by atoms with Crippen LogP contribution >= 0.6 is 27.5 Å². The molecule has 0 saturated heterocycles. The Bertz CT molecular complexity index is 386. The molecular weight excluding hydrogens is 302 g/mol. The van der Waals surface area contributed by atoms with Crippen molar-refractivity contribution in [2.24, 2.45) is 5.73 Å². The summed E-state index contributed by atoms with van der Waals surface area (Å²) in [6, 6.07) is 2.36. The highest BCUT2D eigenvalue weighted by Gasteiger charge is 2.21. The molecule has 1 aromatic rings. The van der Waals surface area contributed by atoms with Crippen molar-refractivity contribution in [2.75, 3.05) is 5.32 Å². The molecule has 3 N–H and O–H groups in total. The maximum Gasteiger partial charge on any atom is 0.140 e. The molecule has 2 atom stereocenters. The lowest BCUT2D eigenvalue weighted by molar-refractivity contribution is 0.527. The minimum absolute atomic E-state index is 0.210. The third-order valence-electron chi connectivity index (χ3n) is 3.20. The largest absolute Gasteiger partial charge is 0.365 e. The van der Waals surface area contributed by atoms with E-state index in [1.807, 2.05) is 6.07 Å². The Kier molecular flexibility index (Phi) is 4.65. The second kappa shape index (κ2) is 6.03. The molecule has 1 aliphatic rings. The number of nitrogens with one attached hydrogen (secondary N) is 1. The van der Waals surface area contributed by atoms with Gasteiger partial charge in [0.05, 0.1) is 9.50 Å². The molecule has 94 valence electrons. The van der Waals surface area contributed by atoms with Crippen molar-refractivity contribution < 1.29 is 0 Å². The quantitative estimate of drug-likeness (QED) is 0.820. The summed E-state index contributed by atoms with van der Waals surface area (Å²) >= 11 is 9.33. The number of rotatable bonds is 2. The minimum atomic E-state index is 0.210. The Morgan fingerprint density at radius 3 is 2.88 bits per heavy atom. The summed E-state index contributed by atoms with van der Waals surface area (Å²) in [5.74, 6) is 0.830. The molecule has 5 heteroatoms. The monoisotopic (exact) mass is 317 g/mol. The van der Waals surface area contributed by atoms with E-state index in [2.05, 4.69) is 26.2 Å². The first kappa shape index (κ1) is 13.1. The molecule has 1 heterocycles. The smallest absolute Gasteiger partial charge is 0.140 e. The topological polar surface area (TPSA) is 50.9 Å². The van der Waals surface area contributed by atoms with Crippen molar-refractivity contribution in [3.63, 3.8) is 0 Å². The molecule has 0 amide bonds. The van der Waals surface area contributed by atoms with Crippen LogP contribution in [0.1, 0.15) is 32.1 Å². The van der Waals surface area contributed by atoms with E-state index in [4.69, 9.17) is 17.3 Å². The van der Waals surface area contributed by atoms with Crippen molar-refractivity contribution in [3.8, 4) is 0 Å². The molecule has 0 spiro atoms. The lowest BCUT2D eigenvalue weighted by atomic mass is 10.0. The van der Waals surface area contributed by atoms with Gasteiger partial charge in [-0.25, -0.2) is 4.98 Å². The van der Waals surface area contributed by atoms with E-state index in [0.29, 0.717) is 11.1 Å². The molecule has 2 unspecified atom stereocenters. The number of halogens is 2. The van der Waals surface area contributed by atoms with E-state index in [1.54, 1.807) is 6.20 Å². The zero-order valence-electron chi connectivity index (χ0n) is 9.63. The van der Waals surface area contributed by atoms with Crippen LogP contribution in [-0.2, 0) is 0 Å². The molecule has 3 nitrogen and oxygen atoms in total. The summed E-state index contributed by atoms with van der Waals surface area (Å²) in [5, 5.41) is 4.06. The van der Waals surface area contributed by atoms with Crippen molar-refractivity contribution in [1.82, 2.24) is 4.98 Å². The van der Waals surface area contributed by atoms with Crippen molar-refractivity contribution in [1.29, 1.82) is 0 Å².